The average Bonchev–Trinajstić information content (AvgIpc) is 2.85. The molecule has 1 aliphatic rings. The highest BCUT2D eigenvalue weighted by Crippen LogP contribution is 2.33. The predicted molar refractivity (Wildman–Crippen MR) is 88.8 cm³/mol. The Labute approximate surface area is 141 Å². The molecule has 1 aromatic heterocycles. The van der Waals surface area contributed by atoms with Crippen molar-refractivity contribution in [2.24, 2.45) is 0 Å². The molecule has 4 N–H and O–H groups in total. The molecular formula is C16H27N3O5. The SMILES string of the molecule is C[C@]1(n2ccc(NCCCCCCO)nc2=O)C[C@H](O)[C@@H](CO)O1. The molecule has 2 rings (SSSR count). The van der Waals surface area contributed by atoms with Crippen LogP contribution in [0.2, 0.25) is 0 Å². The van der Waals surface area contributed by atoms with E-state index < -0.39 is 23.6 Å². The van der Waals surface area contributed by atoms with Gasteiger partial charge in [-0.1, -0.05) is 12.8 Å². The fourth-order valence-electron chi connectivity index (χ4n) is 2.95. The molecule has 1 fully saturated rings. The second kappa shape index (κ2) is 8.57. The van der Waals surface area contributed by atoms with Gasteiger partial charge in [-0.15, -0.1) is 0 Å². The minimum absolute atomic E-state index is 0.220. The molecule has 0 aliphatic carbocycles. The number of anilines is 1. The lowest BCUT2D eigenvalue weighted by Gasteiger charge is -2.26. The van der Waals surface area contributed by atoms with Gasteiger partial charge in [-0.2, -0.15) is 4.98 Å². The fraction of sp³-hybridized carbons (Fsp3) is 0.750. The molecule has 0 radical (unpaired) electrons. The summed E-state index contributed by atoms with van der Waals surface area (Å²) in [5, 5.41) is 30.9. The van der Waals surface area contributed by atoms with Crippen LogP contribution in [-0.4, -0.2) is 56.8 Å². The number of hydrogen-bond acceptors (Lipinski definition) is 7. The van der Waals surface area contributed by atoms with Crippen LogP contribution in [0.4, 0.5) is 5.82 Å². The zero-order valence-electron chi connectivity index (χ0n) is 14.0. The molecular weight excluding hydrogens is 314 g/mol. The molecule has 0 aromatic carbocycles. The number of aliphatic hydroxyl groups excluding tert-OH is 3. The number of aliphatic hydroxyl groups is 3. The first-order valence-electron chi connectivity index (χ1n) is 8.42. The van der Waals surface area contributed by atoms with E-state index >= 15 is 0 Å². The lowest BCUT2D eigenvalue weighted by molar-refractivity contribution is -0.107. The Balaban J connectivity index is 1.94. The number of nitrogens with zero attached hydrogens (tertiary/aromatic N) is 2. The Morgan fingerprint density at radius 1 is 1.38 bits per heavy atom. The van der Waals surface area contributed by atoms with E-state index in [1.54, 1.807) is 19.2 Å². The normalized spacial score (nSPS) is 26.7. The van der Waals surface area contributed by atoms with Crippen LogP contribution in [0.5, 0.6) is 0 Å². The molecule has 1 saturated heterocycles. The van der Waals surface area contributed by atoms with E-state index in [2.05, 4.69) is 10.3 Å². The highest BCUT2D eigenvalue weighted by Gasteiger charge is 2.44. The van der Waals surface area contributed by atoms with Gasteiger partial charge in [-0.25, -0.2) is 4.79 Å². The van der Waals surface area contributed by atoms with Crippen molar-refractivity contribution >= 4 is 5.82 Å². The third-order valence-corrected chi connectivity index (χ3v) is 4.31. The minimum atomic E-state index is -1.01. The number of unbranched alkanes of at least 4 members (excludes halogenated alkanes) is 3. The maximum Gasteiger partial charge on any atom is 0.351 e. The van der Waals surface area contributed by atoms with Crippen LogP contribution in [0.15, 0.2) is 17.1 Å². The Morgan fingerprint density at radius 2 is 2.12 bits per heavy atom. The Kier molecular flexibility index (Phi) is 6.73. The van der Waals surface area contributed by atoms with Crippen molar-refractivity contribution in [1.29, 1.82) is 0 Å². The zero-order valence-corrected chi connectivity index (χ0v) is 14.0. The topological polar surface area (TPSA) is 117 Å². The van der Waals surface area contributed by atoms with Gasteiger partial charge in [0.15, 0.2) is 0 Å². The summed E-state index contributed by atoms with van der Waals surface area (Å²) in [6, 6.07) is 1.70. The van der Waals surface area contributed by atoms with Crippen LogP contribution in [0.25, 0.3) is 0 Å². The Morgan fingerprint density at radius 3 is 2.75 bits per heavy atom. The molecule has 0 unspecified atom stereocenters. The van der Waals surface area contributed by atoms with Crippen molar-refractivity contribution in [2.45, 2.75) is 57.0 Å². The van der Waals surface area contributed by atoms with Gasteiger partial charge in [-0.05, 0) is 25.8 Å². The quantitative estimate of drug-likeness (QED) is 0.468. The highest BCUT2D eigenvalue weighted by molar-refractivity contribution is 5.31. The van der Waals surface area contributed by atoms with Gasteiger partial charge in [0.2, 0.25) is 0 Å². The van der Waals surface area contributed by atoms with Crippen molar-refractivity contribution in [3.05, 3.63) is 22.7 Å². The van der Waals surface area contributed by atoms with Gasteiger partial charge in [-0.3, -0.25) is 4.57 Å². The predicted octanol–water partition coefficient (Wildman–Crippen LogP) is 0.0227. The zero-order chi connectivity index (χ0) is 17.6. The van der Waals surface area contributed by atoms with Crippen molar-refractivity contribution in [2.75, 3.05) is 25.1 Å². The Hall–Kier alpha value is -1.48. The molecule has 136 valence electrons. The summed E-state index contributed by atoms with van der Waals surface area (Å²) < 4.78 is 6.98. The maximum absolute atomic E-state index is 12.3. The van der Waals surface area contributed by atoms with E-state index in [9.17, 15) is 15.0 Å². The first kappa shape index (κ1) is 18.9. The molecule has 0 spiro atoms. The second-order valence-electron chi connectivity index (χ2n) is 6.32. The van der Waals surface area contributed by atoms with E-state index in [-0.39, 0.29) is 19.6 Å². The monoisotopic (exact) mass is 341 g/mol. The molecule has 3 atom stereocenters. The maximum atomic E-state index is 12.3. The third kappa shape index (κ3) is 4.54. The first-order chi connectivity index (χ1) is 11.5. The average molecular weight is 341 g/mol. The summed E-state index contributed by atoms with van der Waals surface area (Å²) in [6.07, 6.45) is 4.05. The summed E-state index contributed by atoms with van der Waals surface area (Å²) >= 11 is 0. The molecule has 24 heavy (non-hydrogen) atoms. The number of hydrogen-bond donors (Lipinski definition) is 4. The Bertz CT molecular complexity index is 579. The summed E-state index contributed by atoms with van der Waals surface area (Å²) in [6.45, 7) is 2.33. The van der Waals surface area contributed by atoms with E-state index in [4.69, 9.17) is 9.84 Å². The van der Waals surface area contributed by atoms with Crippen LogP contribution in [0, 0.1) is 0 Å². The van der Waals surface area contributed by atoms with E-state index in [1.165, 1.54) is 4.57 Å². The van der Waals surface area contributed by atoms with Crippen LogP contribution < -0.4 is 11.0 Å². The van der Waals surface area contributed by atoms with Gasteiger partial charge in [0, 0.05) is 25.8 Å². The van der Waals surface area contributed by atoms with Crippen molar-refractivity contribution in [3.63, 3.8) is 0 Å². The lowest BCUT2D eigenvalue weighted by Crippen LogP contribution is -2.40. The number of ether oxygens (including phenoxy) is 1. The van der Waals surface area contributed by atoms with E-state index in [0.29, 0.717) is 12.4 Å². The van der Waals surface area contributed by atoms with Crippen LogP contribution >= 0.6 is 0 Å². The number of aromatic nitrogens is 2. The number of nitrogens with one attached hydrogen (secondary N) is 1. The van der Waals surface area contributed by atoms with Crippen LogP contribution in [0.3, 0.4) is 0 Å². The van der Waals surface area contributed by atoms with Crippen molar-refractivity contribution in [3.8, 4) is 0 Å². The third-order valence-electron chi connectivity index (χ3n) is 4.31. The molecule has 8 nitrogen and oxygen atoms in total. The van der Waals surface area contributed by atoms with Gasteiger partial charge < -0.3 is 25.4 Å². The van der Waals surface area contributed by atoms with Crippen molar-refractivity contribution in [1.82, 2.24) is 9.55 Å². The molecule has 0 saturated carbocycles. The van der Waals surface area contributed by atoms with Crippen LogP contribution in [0.1, 0.15) is 39.0 Å². The molecule has 2 heterocycles. The standard InChI is InChI=1S/C16H27N3O5/c1-16(10-12(22)13(11-21)24-16)19-8-6-14(18-15(19)23)17-7-4-2-3-5-9-20/h6,8,12-13,20-22H,2-5,7,9-11H2,1H3,(H,17,18,23)/t12-,13+,16+/m0/s1. The molecule has 0 bridgehead atoms. The van der Waals surface area contributed by atoms with Gasteiger partial charge in [0.05, 0.1) is 12.7 Å². The molecule has 1 aliphatic heterocycles. The lowest BCUT2D eigenvalue weighted by atomic mass is 10.1. The minimum Gasteiger partial charge on any atom is -0.396 e. The van der Waals surface area contributed by atoms with Gasteiger partial charge in [0.1, 0.15) is 17.6 Å². The largest absolute Gasteiger partial charge is 0.396 e. The highest BCUT2D eigenvalue weighted by atomic mass is 16.6. The first-order valence-corrected chi connectivity index (χ1v) is 8.42. The molecule has 0 amide bonds. The summed E-state index contributed by atoms with van der Waals surface area (Å²) in [7, 11) is 0. The summed E-state index contributed by atoms with van der Waals surface area (Å²) in [4.78, 5) is 16.3. The van der Waals surface area contributed by atoms with Gasteiger partial charge in [0.25, 0.3) is 0 Å². The van der Waals surface area contributed by atoms with Crippen molar-refractivity contribution < 1.29 is 20.1 Å². The van der Waals surface area contributed by atoms with E-state index in [0.717, 1.165) is 25.7 Å². The van der Waals surface area contributed by atoms with Gasteiger partial charge >= 0.3 is 5.69 Å². The molecule has 8 heteroatoms. The summed E-state index contributed by atoms with van der Waals surface area (Å²) in [5.74, 6) is 0.499. The number of rotatable bonds is 9. The second-order valence-corrected chi connectivity index (χ2v) is 6.32. The smallest absolute Gasteiger partial charge is 0.351 e. The summed E-state index contributed by atoms with van der Waals surface area (Å²) in [5.41, 5.74) is -1.48. The van der Waals surface area contributed by atoms with Crippen LogP contribution in [-0.2, 0) is 10.5 Å². The molecule has 1 aromatic rings. The fourth-order valence-corrected chi connectivity index (χ4v) is 2.95. The van der Waals surface area contributed by atoms with E-state index in [1.807, 2.05) is 0 Å².